The van der Waals surface area contributed by atoms with Crippen LogP contribution in [-0.4, -0.2) is 30.8 Å². The van der Waals surface area contributed by atoms with E-state index in [2.05, 4.69) is 25.7 Å². The van der Waals surface area contributed by atoms with Gasteiger partial charge in [0.15, 0.2) is 0 Å². The first-order valence-corrected chi connectivity index (χ1v) is 6.28. The summed E-state index contributed by atoms with van der Waals surface area (Å²) in [7, 11) is 0. The van der Waals surface area contributed by atoms with Gasteiger partial charge < -0.3 is 9.69 Å². The molecule has 1 aliphatic heterocycles. The Balaban J connectivity index is 2.46. The minimum atomic E-state index is -0.119. The Hall–Kier alpha value is -0.370. The smallest absolute Gasteiger partial charge is 0.127 e. The maximum absolute atomic E-state index is 11.1. The Morgan fingerprint density at radius 2 is 2.27 bits per heavy atom. The van der Waals surface area contributed by atoms with Crippen LogP contribution in [0, 0.1) is 11.3 Å². The van der Waals surface area contributed by atoms with Crippen molar-refractivity contribution in [2.75, 3.05) is 19.6 Å². The van der Waals surface area contributed by atoms with Crippen molar-refractivity contribution in [1.29, 1.82) is 0 Å². The lowest BCUT2D eigenvalue weighted by molar-refractivity contribution is -0.117. The molecule has 0 amide bonds. The van der Waals surface area contributed by atoms with Crippen LogP contribution >= 0.6 is 0 Å². The fourth-order valence-electron chi connectivity index (χ4n) is 2.69. The Morgan fingerprint density at radius 3 is 2.80 bits per heavy atom. The number of hydrogen-bond acceptors (Lipinski definition) is 2. The Bertz CT molecular complexity index is 205. The highest BCUT2D eigenvalue weighted by molar-refractivity contribution is 5.59. The van der Waals surface area contributed by atoms with Crippen LogP contribution in [0.5, 0.6) is 0 Å². The molecule has 1 aliphatic rings. The molecular weight excluding hydrogens is 186 g/mol. The molecule has 2 heteroatoms. The normalized spacial score (nSPS) is 27.3. The lowest BCUT2D eigenvalue weighted by Crippen LogP contribution is -2.42. The highest BCUT2D eigenvalue weighted by Gasteiger charge is 2.27. The summed E-state index contributed by atoms with van der Waals surface area (Å²) in [5, 5.41) is 0. The topological polar surface area (TPSA) is 20.3 Å². The van der Waals surface area contributed by atoms with E-state index in [0.29, 0.717) is 0 Å². The predicted molar refractivity (Wildman–Crippen MR) is 63.9 cm³/mol. The van der Waals surface area contributed by atoms with Crippen LogP contribution < -0.4 is 0 Å². The number of carbonyl (C=O) groups excluding carboxylic acids is 1. The average molecular weight is 211 g/mol. The molecule has 0 bridgehead atoms. The fourth-order valence-corrected chi connectivity index (χ4v) is 2.69. The van der Waals surface area contributed by atoms with Gasteiger partial charge in [-0.25, -0.2) is 0 Å². The van der Waals surface area contributed by atoms with E-state index in [4.69, 9.17) is 0 Å². The molecule has 1 heterocycles. The molecular formula is C13H25NO. The van der Waals surface area contributed by atoms with E-state index in [9.17, 15) is 4.79 Å². The van der Waals surface area contributed by atoms with E-state index in [1.54, 1.807) is 0 Å². The lowest BCUT2D eigenvalue weighted by Gasteiger charge is -2.36. The van der Waals surface area contributed by atoms with Gasteiger partial charge in [-0.2, -0.15) is 0 Å². The monoisotopic (exact) mass is 211 g/mol. The van der Waals surface area contributed by atoms with Gasteiger partial charge in [-0.15, -0.1) is 0 Å². The van der Waals surface area contributed by atoms with Gasteiger partial charge in [0.05, 0.1) is 0 Å². The van der Waals surface area contributed by atoms with Gasteiger partial charge in [0, 0.05) is 18.5 Å². The molecule has 0 saturated carbocycles. The molecule has 1 saturated heterocycles. The minimum absolute atomic E-state index is 0.119. The molecule has 1 rings (SSSR count). The maximum Gasteiger partial charge on any atom is 0.127 e. The summed E-state index contributed by atoms with van der Waals surface area (Å²) in [4.78, 5) is 13.6. The first-order chi connectivity index (χ1) is 7.09. The third-order valence-electron chi connectivity index (χ3n) is 3.43. The van der Waals surface area contributed by atoms with E-state index in [0.717, 1.165) is 31.6 Å². The maximum atomic E-state index is 11.1. The van der Waals surface area contributed by atoms with Crippen molar-refractivity contribution in [2.24, 2.45) is 11.3 Å². The molecule has 1 fully saturated rings. The number of likely N-dealkylation sites (tertiary alicyclic amines) is 1. The first kappa shape index (κ1) is 12.7. The average Bonchev–Trinajstić information content (AvgIpc) is 2.18. The van der Waals surface area contributed by atoms with Gasteiger partial charge in [0.2, 0.25) is 0 Å². The van der Waals surface area contributed by atoms with Crippen molar-refractivity contribution in [3.05, 3.63) is 0 Å². The van der Waals surface area contributed by atoms with Crippen molar-refractivity contribution in [2.45, 2.75) is 46.5 Å². The molecule has 88 valence electrons. The standard InChI is InChI=1S/C13H25NO/c1-4-7-13(3,11-15)10-14-8-5-6-12(2)9-14/h11-12H,4-10H2,1-3H3. The number of nitrogens with zero attached hydrogens (tertiary/aromatic N) is 1. The number of hydrogen-bond donors (Lipinski definition) is 0. The number of rotatable bonds is 5. The van der Waals surface area contributed by atoms with Crippen LogP contribution in [0.1, 0.15) is 46.5 Å². The van der Waals surface area contributed by atoms with Gasteiger partial charge in [0.25, 0.3) is 0 Å². The van der Waals surface area contributed by atoms with Gasteiger partial charge in [-0.3, -0.25) is 0 Å². The molecule has 2 atom stereocenters. The quantitative estimate of drug-likeness (QED) is 0.652. The van der Waals surface area contributed by atoms with Crippen LogP contribution in [0.15, 0.2) is 0 Å². The summed E-state index contributed by atoms with van der Waals surface area (Å²) < 4.78 is 0. The molecule has 0 spiro atoms. The third-order valence-corrected chi connectivity index (χ3v) is 3.43. The first-order valence-electron chi connectivity index (χ1n) is 6.28. The van der Waals surface area contributed by atoms with E-state index in [1.165, 1.54) is 25.9 Å². The second-order valence-electron chi connectivity index (χ2n) is 5.50. The van der Waals surface area contributed by atoms with Crippen molar-refractivity contribution in [1.82, 2.24) is 4.90 Å². The molecule has 0 radical (unpaired) electrons. The highest BCUT2D eigenvalue weighted by atomic mass is 16.1. The summed E-state index contributed by atoms with van der Waals surface area (Å²) in [6, 6.07) is 0. The van der Waals surface area contributed by atoms with Crippen molar-refractivity contribution in [3.8, 4) is 0 Å². The summed E-state index contributed by atoms with van der Waals surface area (Å²) in [5.74, 6) is 0.802. The second-order valence-corrected chi connectivity index (χ2v) is 5.50. The van der Waals surface area contributed by atoms with Crippen LogP contribution in [-0.2, 0) is 4.79 Å². The summed E-state index contributed by atoms with van der Waals surface area (Å²) in [6.45, 7) is 9.87. The van der Waals surface area contributed by atoms with Gasteiger partial charge in [-0.1, -0.05) is 27.2 Å². The molecule has 2 nitrogen and oxygen atoms in total. The van der Waals surface area contributed by atoms with Crippen molar-refractivity contribution >= 4 is 6.29 Å². The van der Waals surface area contributed by atoms with Crippen LogP contribution in [0.2, 0.25) is 0 Å². The van der Waals surface area contributed by atoms with Crippen LogP contribution in [0.3, 0.4) is 0 Å². The van der Waals surface area contributed by atoms with Crippen LogP contribution in [0.25, 0.3) is 0 Å². The van der Waals surface area contributed by atoms with Gasteiger partial charge >= 0.3 is 0 Å². The van der Waals surface area contributed by atoms with Crippen molar-refractivity contribution in [3.63, 3.8) is 0 Å². The Labute approximate surface area is 94.0 Å². The van der Waals surface area contributed by atoms with E-state index >= 15 is 0 Å². The lowest BCUT2D eigenvalue weighted by atomic mass is 9.85. The third kappa shape index (κ3) is 3.94. The summed E-state index contributed by atoms with van der Waals surface area (Å²) in [5.41, 5.74) is -0.119. The zero-order valence-electron chi connectivity index (χ0n) is 10.5. The summed E-state index contributed by atoms with van der Waals surface area (Å²) in [6.07, 6.45) is 5.92. The SMILES string of the molecule is CCCC(C)(C=O)CN1CCCC(C)C1. The number of carbonyl (C=O) groups is 1. The molecule has 0 aromatic heterocycles. The van der Waals surface area contributed by atoms with E-state index in [-0.39, 0.29) is 5.41 Å². The number of aldehydes is 1. The van der Waals surface area contributed by atoms with E-state index in [1.807, 2.05) is 0 Å². The molecule has 15 heavy (non-hydrogen) atoms. The minimum Gasteiger partial charge on any atom is -0.303 e. The summed E-state index contributed by atoms with van der Waals surface area (Å²) >= 11 is 0. The zero-order valence-corrected chi connectivity index (χ0v) is 10.5. The molecule has 0 N–H and O–H groups in total. The van der Waals surface area contributed by atoms with Gasteiger partial charge in [-0.05, 0) is 31.7 Å². The molecule has 2 unspecified atom stereocenters. The molecule has 0 aliphatic carbocycles. The molecule has 0 aromatic rings. The van der Waals surface area contributed by atoms with Gasteiger partial charge in [0.1, 0.15) is 6.29 Å². The Morgan fingerprint density at radius 1 is 1.53 bits per heavy atom. The predicted octanol–water partition coefficient (Wildman–Crippen LogP) is 2.72. The number of piperidine rings is 1. The second kappa shape index (κ2) is 5.64. The van der Waals surface area contributed by atoms with Crippen molar-refractivity contribution < 1.29 is 4.79 Å². The largest absolute Gasteiger partial charge is 0.303 e. The Kier molecular flexibility index (Phi) is 4.78. The highest BCUT2D eigenvalue weighted by Crippen LogP contribution is 2.25. The van der Waals surface area contributed by atoms with E-state index < -0.39 is 0 Å². The zero-order chi connectivity index (χ0) is 11.3. The van der Waals surface area contributed by atoms with Crippen LogP contribution in [0.4, 0.5) is 0 Å². The molecule has 0 aromatic carbocycles. The fraction of sp³-hybridized carbons (Fsp3) is 0.923.